The molecule has 0 saturated carbocycles. The van der Waals surface area contributed by atoms with E-state index in [1.807, 2.05) is 6.92 Å². The number of Topliss-reactive ketones (excluding diaryl/α,β-unsaturated/α-hetero) is 1. The number of nitrogens with zero attached hydrogens (tertiary/aromatic N) is 1. The molecule has 0 radical (unpaired) electrons. The summed E-state index contributed by atoms with van der Waals surface area (Å²) in [4.78, 5) is 27.3. The monoisotopic (exact) mass is 445 g/mol. The molecule has 1 amide bonds. The Morgan fingerprint density at radius 2 is 1.68 bits per heavy atom. The highest BCUT2D eigenvalue weighted by molar-refractivity contribution is 6.46. The zero-order valence-electron chi connectivity index (χ0n) is 17.8. The van der Waals surface area contributed by atoms with Crippen molar-refractivity contribution in [3.05, 3.63) is 58.1 Å². The van der Waals surface area contributed by atoms with Crippen LogP contribution in [0.3, 0.4) is 0 Å². The van der Waals surface area contributed by atoms with Crippen molar-refractivity contribution < 1.29 is 28.9 Å². The lowest BCUT2D eigenvalue weighted by molar-refractivity contribution is -0.139. The van der Waals surface area contributed by atoms with Crippen LogP contribution >= 0.6 is 11.6 Å². The van der Waals surface area contributed by atoms with Crippen molar-refractivity contribution in [1.82, 2.24) is 4.90 Å². The average molecular weight is 446 g/mol. The number of aliphatic hydroxyl groups excluding tert-OH is 1. The molecular formula is C23H24ClNO6. The summed E-state index contributed by atoms with van der Waals surface area (Å²) in [6, 6.07) is 9.23. The standard InChI is InChI=1S/C23H24ClNO6/c1-5-10-25-20(13-6-8-14(29-2)9-7-13)19(22(27)23(25)28)21(26)15-11-16(24)18(31-4)12-17(15)30-3/h6-9,11-12,20,26H,5,10H2,1-4H3/b21-19+. The Labute approximate surface area is 185 Å². The van der Waals surface area contributed by atoms with Gasteiger partial charge in [0.1, 0.15) is 23.0 Å². The van der Waals surface area contributed by atoms with Crippen LogP contribution in [0.4, 0.5) is 0 Å². The highest BCUT2D eigenvalue weighted by atomic mass is 35.5. The summed E-state index contributed by atoms with van der Waals surface area (Å²) in [5.74, 6) is -0.537. The number of amides is 1. The zero-order valence-corrected chi connectivity index (χ0v) is 18.5. The van der Waals surface area contributed by atoms with Crippen LogP contribution in [0.25, 0.3) is 5.76 Å². The smallest absolute Gasteiger partial charge is 0.295 e. The average Bonchev–Trinajstić information content (AvgIpc) is 3.03. The maximum Gasteiger partial charge on any atom is 0.295 e. The third-order valence-corrected chi connectivity index (χ3v) is 5.46. The van der Waals surface area contributed by atoms with E-state index in [0.29, 0.717) is 30.0 Å². The lowest BCUT2D eigenvalue weighted by Gasteiger charge is -2.25. The topological polar surface area (TPSA) is 85.3 Å². The highest BCUT2D eigenvalue weighted by Gasteiger charge is 2.46. The van der Waals surface area contributed by atoms with Gasteiger partial charge in [-0.1, -0.05) is 30.7 Å². The van der Waals surface area contributed by atoms with Gasteiger partial charge in [-0.3, -0.25) is 9.59 Å². The van der Waals surface area contributed by atoms with Gasteiger partial charge in [0.05, 0.1) is 43.5 Å². The molecule has 0 spiro atoms. The normalized spacial score (nSPS) is 17.7. The van der Waals surface area contributed by atoms with E-state index in [1.165, 1.54) is 31.3 Å². The SMILES string of the molecule is CCCN1C(=O)C(=O)/C(=C(/O)c2cc(Cl)c(OC)cc2OC)C1c1ccc(OC)cc1. The number of methoxy groups -OCH3 is 3. The number of rotatable bonds is 7. The summed E-state index contributed by atoms with van der Waals surface area (Å²) >= 11 is 6.25. The van der Waals surface area contributed by atoms with Gasteiger partial charge in [0.15, 0.2) is 0 Å². The van der Waals surface area contributed by atoms with Gasteiger partial charge in [0, 0.05) is 12.6 Å². The largest absolute Gasteiger partial charge is 0.507 e. The minimum Gasteiger partial charge on any atom is -0.507 e. The van der Waals surface area contributed by atoms with Crippen LogP contribution in [0.5, 0.6) is 17.2 Å². The molecule has 1 aliphatic heterocycles. The second-order valence-electron chi connectivity index (χ2n) is 6.95. The van der Waals surface area contributed by atoms with Crippen molar-refractivity contribution in [3.8, 4) is 17.2 Å². The van der Waals surface area contributed by atoms with Crippen molar-refractivity contribution in [2.45, 2.75) is 19.4 Å². The van der Waals surface area contributed by atoms with Gasteiger partial charge >= 0.3 is 0 Å². The van der Waals surface area contributed by atoms with Gasteiger partial charge < -0.3 is 24.2 Å². The Hall–Kier alpha value is -3.19. The number of carbonyl (C=O) groups excluding carboxylic acids is 2. The molecule has 2 aromatic carbocycles. The van der Waals surface area contributed by atoms with Crippen LogP contribution in [0.15, 0.2) is 42.0 Å². The Morgan fingerprint density at radius 1 is 1.03 bits per heavy atom. The van der Waals surface area contributed by atoms with Crippen LogP contribution in [-0.2, 0) is 9.59 Å². The summed E-state index contributed by atoms with van der Waals surface area (Å²) in [5, 5.41) is 11.4. The lowest BCUT2D eigenvalue weighted by Crippen LogP contribution is -2.30. The Morgan fingerprint density at radius 3 is 2.23 bits per heavy atom. The first-order valence-electron chi connectivity index (χ1n) is 9.72. The van der Waals surface area contributed by atoms with E-state index in [4.69, 9.17) is 25.8 Å². The molecule has 8 heteroatoms. The van der Waals surface area contributed by atoms with Crippen LogP contribution in [0.1, 0.15) is 30.5 Å². The van der Waals surface area contributed by atoms with E-state index < -0.39 is 17.7 Å². The molecule has 1 saturated heterocycles. The van der Waals surface area contributed by atoms with Crippen molar-refractivity contribution >= 4 is 29.1 Å². The molecule has 3 rings (SSSR count). The Balaban J connectivity index is 2.23. The third-order valence-electron chi connectivity index (χ3n) is 5.17. The zero-order chi connectivity index (χ0) is 22.7. The van der Waals surface area contributed by atoms with Crippen LogP contribution in [0.2, 0.25) is 5.02 Å². The quantitative estimate of drug-likeness (QED) is 0.390. The summed E-state index contributed by atoms with van der Waals surface area (Å²) < 4.78 is 15.8. The molecule has 0 aliphatic carbocycles. The molecule has 1 atom stereocenters. The van der Waals surface area contributed by atoms with Gasteiger partial charge in [0.2, 0.25) is 0 Å². The maximum atomic E-state index is 13.0. The fourth-order valence-corrected chi connectivity index (χ4v) is 3.92. The number of aliphatic hydroxyl groups is 1. The molecule has 31 heavy (non-hydrogen) atoms. The summed E-state index contributed by atoms with van der Waals surface area (Å²) in [7, 11) is 4.44. The van der Waals surface area contributed by atoms with E-state index in [9.17, 15) is 14.7 Å². The minimum absolute atomic E-state index is 0.0249. The van der Waals surface area contributed by atoms with Crippen LogP contribution in [0, 0.1) is 0 Å². The summed E-state index contributed by atoms with van der Waals surface area (Å²) in [6.45, 7) is 2.27. The number of ether oxygens (including phenoxy) is 3. The van der Waals surface area contributed by atoms with E-state index in [2.05, 4.69) is 0 Å². The number of carbonyl (C=O) groups is 2. The number of ketones is 1. The van der Waals surface area contributed by atoms with E-state index in [-0.39, 0.29) is 27.7 Å². The molecule has 0 bridgehead atoms. The molecule has 7 nitrogen and oxygen atoms in total. The first-order valence-corrected chi connectivity index (χ1v) is 10.1. The maximum absolute atomic E-state index is 13.0. The van der Waals surface area contributed by atoms with E-state index in [1.54, 1.807) is 31.4 Å². The molecule has 1 heterocycles. The second-order valence-corrected chi connectivity index (χ2v) is 7.36. The predicted molar refractivity (Wildman–Crippen MR) is 117 cm³/mol. The first-order chi connectivity index (χ1) is 14.9. The number of hydrogen-bond acceptors (Lipinski definition) is 6. The van der Waals surface area contributed by atoms with Gasteiger partial charge in [-0.25, -0.2) is 0 Å². The van der Waals surface area contributed by atoms with Gasteiger partial charge in [-0.2, -0.15) is 0 Å². The Bertz CT molecular complexity index is 1030. The highest BCUT2D eigenvalue weighted by Crippen LogP contribution is 2.43. The second kappa shape index (κ2) is 9.31. The molecule has 2 aromatic rings. The van der Waals surface area contributed by atoms with Gasteiger partial charge in [-0.15, -0.1) is 0 Å². The number of hydrogen-bond donors (Lipinski definition) is 1. The molecule has 1 fully saturated rings. The molecule has 1 aliphatic rings. The van der Waals surface area contributed by atoms with Crippen molar-refractivity contribution in [3.63, 3.8) is 0 Å². The van der Waals surface area contributed by atoms with Gasteiger partial charge in [-0.05, 0) is 30.2 Å². The Kier molecular flexibility index (Phi) is 6.75. The molecular weight excluding hydrogens is 422 g/mol. The first kappa shape index (κ1) is 22.5. The van der Waals surface area contributed by atoms with Crippen LogP contribution < -0.4 is 14.2 Å². The van der Waals surface area contributed by atoms with E-state index >= 15 is 0 Å². The van der Waals surface area contributed by atoms with E-state index in [0.717, 1.165) is 0 Å². The molecule has 1 unspecified atom stereocenters. The summed E-state index contributed by atoms with van der Waals surface area (Å²) in [5.41, 5.74) is 0.845. The van der Waals surface area contributed by atoms with Gasteiger partial charge in [0.25, 0.3) is 11.7 Å². The number of likely N-dealkylation sites (tertiary alicyclic amines) is 1. The molecule has 0 aromatic heterocycles. The van der Waals surface area contributed by atoms with Crippen molar-refractivity contribution in [2.75, 3.05) is 27.9 Å². The number of benzene rings is 2. The minimum atomic E-state index is -0.763. The fourth-order valence-electron chi connectivity index (χ4n) is 3.67. The predicted octanol–water partition coefficient (Wildman–Crippen LogP) is 4.20. The van der Waals surface area contributed by atoms with Crippen LogP contribution in [-0.4, -0.2) is 49.6 Å². The lowest BCUT2D eigenvalue weighted by atomic mass is 9.95. The summed E-state index contributed by atoms with van der Waals surface area (Å²) in [6.07, 6.45) is 0.650. The molecule has 1 N–H and O–H groups in total. The van der Waals surface area contributed by atoms with Crippen molar-refractivity contribution in [2.24, 2.45) is 0 Å². The van der Waals surface area contributed by atoms with Crippen molar-refractivity contribution in [1.29, 1.82) is 0 Å². The molecule has 164 valence electrons. The fraction of sp³-hybridized carbons (Fsp3) is 0.304. The number of halogens is 1. The third kappa shape index (κ3) is 4.05.